The van der Waals surface area contributed by atoms with Crippen molar-refractivity contribution in [3.05, 3.63) is 241 Å². The molecule has 0 N–H and O–H groups in total. The number of hydrogen-bond donors (Lipinski definition) is 0. The largest absolute Gasteiger partial charge is 0.301 e. The van der Waals surface area contributed by atoms with Crippen LogP contribution in [-0.2, 0) is 0 Å². The molecule has 0 bridgehead atoms. The Hall–Kier alpha value is -6.08. The van der Waals surface area contributed by atoms with E-state index in [1.54, 1.807) is 0 Å². The van der Waals surface area contributed by atoms with E-state index >= 15 is 0 Å². The third kappa shape index (κ3) is 5.81. The lowest BCUT2D eigenvalue weighted by Crippen LogP contribution is -2.32. The summed E-state index contributed by atoms with van der Waals surface area (Å²) in [5.74, 6) is 0. The van der Waals surface area contributed by atoms with Crippen LogP contribution in [0, 0.1) is 0 Å². The van der Waals surface area contributed by atoms with Gasteiger partial charge in [-0.3, -0.25) is 0 Å². The van der Waals surface area contributed by atoms with Crippen LogP contribution in [0.4, 0.5) is 22.7 Å². The smallest absolute Gasteiger partial charge is 0.108 e. The molecule has 0 fully saturated rings. The Morgan fingerprint density at radius 1 is 0.280 bits per heavy atom. The molecule has 8 rings (SSSR count). The topological polar surface area (TPSA) is 6.48 Å². The predicted octanol–water partition coefficient (Wildman–Crippen LogP) is 12.9. The molecule has 0 spiro atoms. The van der Waals surface area contributed by atoms with Crippen molar-refractivity contribution < 1.29 is 0 Å². The number of para-hydroxylation sites is 4. The fourth-order valence-electron chi connectivity index (χ4n) is 6.95. The molecule has 0 radical (unpaired) electrons. The van der Waals surface area contributed by atoms with Gasteiger partial charge in [-0.15, -0.1) is 0 Å². The first-order chi connectivity index (χ1) is 24.8. The molecule has 240 valence electrons. The van der Waals surface area contributed by atoms with E-state index in [1.807, 2.05) is 0 Å². The average Bonchev–Trinajstić information content (AvgIpc) is 3.21. The van der Waals surface area contributed by atoms with Crippen LogP contribution in [0.1, 0.15) is 16.7 Å². The van der Waals surface area contributed by atoms with Gasteiger partial charge in [0, 0.05) is 33.4 Å². The zero-order valence-electron chi connectivity index (χ0n) is 27.7. The maximum Gasteiger partial charge on any atom is 0.108 e. The molecule has 2 nitrogen and oxygen atoms in total. The highest BCUT2D eigenvalue weighted by molar-refractivity contribution is 7.89. The third-order valence-electron chi connectivity index (χ3n) is 9.08. The minimum atomic E-state index is -2.95. The van der Waals surface area contributed by atoms with Crippen LogP contribution in [0.3, 0.4) is 0 Å². The number of allylic oxidation sites excluding steroid dienone is 3. The molecule has 1 aliphatic rings. The van der Waals surface area contributed by atoms with Crippen LogP contribution >= 0.6 is 7.19 Å². The van der Waals surface area contributed by atoms with Crippen molar-refractivity contribution in [2.75, 3.05) is 9.34 Å². The zero-order valence-corrected chi connectivity index (χ0v) is 28.6. The molecule has 7 aromatic carbocycles. The molecule has 0 atom stereocenters. The van der Waals surface area contributed by atoms with Gasteiger partial charge < -0.3 is 9.34 Å². The second-order valence-electron chi connectivity index (χ2n) is 12.2. The summed E-state index contributed by atoms with van der Waals surface area (Å²) in [6.45, 7) is 0. The highest BCUT2D eigenvalue weighted by atomic mass is 31.2. The monoisotopic (exact) mass is 660 g/mol. The number of rotatable bonds is 9. The first kappa shape index (κ1) is 31.2. The first-order valence-electron chi connectivity index (χ1n) is 17.0. The van der Waals surface area contributed by atoms with E-state index in [-0.39, 0.29) is 0 Å². The summed E-state index contributed by atoms with van der Waals surface area (Å²) < 4.78 is 5.29. The number of anilines is 4. The van der Waals surface area contributed by atoms with Gasteiger partial charge in [0.2, 0.25) is 0 Å². The summed E-state index contributed by atoms with van der Waals surface area (Å²) in [4.78, 5) is 0. The van der Waals surface area contributed by atoms with Gasteiger partial charge >= 0.3 is 0 Å². The van der Waals surface area contributed by atoms with Crippen molar-refractivity contribution in [3.8, 4) is 0 Å². The Kier molecular flexibility index (Phi) is 8.85. The summed E-state index contributed by atoms with van der Waals surface area (Å²) in [5.41, 5.74) is 9.22. The van der Waals surface area contributed by atoms with Gasteiger partial charge in [0.15, 0.2) is 0 Å². The van der Waals surface area contributed by atoms with Crippen molar-refractivity contribution in [3.63, 3.8) is 0 Å². The van der Waals surface area contributed by atoms with Crippen LogP contribution in [-0.4, -0.2) is 5.29 Å². The van der Waals surface area contributed by atoms with Gasteiger partial charge in [-0.1, -0.05) is 164 Å². The quantitative estimate of drug-likeness (QED) is 0.142. The summed E-state index contributed by atoms with van der Waals surface area (Å²) in [5, 5.41) is 2.53. The maximum absolute atomic E-state index is 2.95. The SMILES string of the molecule is C1=C(c2ccccc2)C=C(c2ccccc2)P(N(c2ccccc2)c2ccccc2)(N(c2ccccc2)c2ccccc2)=C1c1ccccc1. The predicted molar refractivity (Wildman–Crippen MR) is 216 cm³/mol. The van der Waals surface area contributed by atoms with Crippen LogP contribution in [0.25, 0.3) is 10.9 Å². The highest BCUT2D eigenvalue weighted by Crippen LogP contribution is 2.74. The molecule has 3 heteroatoms. The molecular weight excluding hydrogens is 624 g/mol. The number of hydrogen-bond acceptors (Lipinski definition) is 2. The molecule has 1 heterocycles. The van der Waals surface area contributed by atoms with Crippen LogP contribution < -0.4 is 9.34 Å². The fourth-order valence-corrected chi connectivity index (χ4v) is 11.8. The number of nitrogens with zero attached hydrogens (tertiary/aromatic N) is 2. The molecule has 0 unspecified atom stereocenters. The lowest BCUT2D eigenvalue weighted by molar-refractivity contribution is 1.33. The highest BCUT2D eigenvalue weighted by Gasteiger charge is 2.44. The Bertz CT molecular complexity index is 2120. The molecule has 0 saturated heterocycles. The van der Waals surface area contributed by atoms with Crippen molar-refractivity contribution in [2.24, 2.45) is 0 Å². The standard InChI is InChI=1S/C47H37N2P/c1-8-22-38(23-9-1)41-36-46(39-24-10-2-11-25-39)50(47(37-41)40-26-12-3-13-27-40,48(42-28-14-4-15-29-42)43-30-16-5-17-31-43)49(44-32-18-6-19-33-44)45-34-20-7-21-35-45/h1-37H. The van der Waals surface area contributed by atoms with E-state index in [4.69, 9.17) is 0 Å². The van der Waals surface area contributed by atoms with E-state index in [0.717, 1.165) is 22.7 Å². The van der Waals surface area contributed by atoms with E-state index in [0.29, 0.717) is 0 Å². The van der Waals surface area contributed by atoms with E-state index < -0.39 is 7.19 Å². The molecule has 0 saturated carbocycles. The van der Waals surface area contributed by atoms with Crippen LogP contribution in [0.2, 0.25) is 0 Å². The van der Waals surface area contributed by atoms with Crippen molar-refractivity contribution in [2.45, 2.75) is 0 Å². The summed E-state index contributed by atoms with van der Waals surface area (Å²) in [6.07, 6.45) is 4.92. The summed E-state index contributed by atoms with van der Waals surface area (Å²) in [6, 6.07) is 76.5. The summed E-state index contributed by atoms with van der Waals surface area (Å²) >= 11 is 0. The fraction of sp³-hybridized carbons (Fsp3) is 0. The molecule has 0 amide bonds. The van der Waals surface area contributed by atoms with E-state index in [1.165, 1.54) is 32.9 Å². The molecular formula is C47H37N2P. The van der Waals surface area contributed by atoms with Crippen molar-refractivity contribution in [1.82, 2.24) is 0 Å². The van der Waals surface area contributed by atoms with Gasteiger partial charge in [0.05, 0.1) is 0 Å². The Balaban J connectivity index is 1.67. The second kappa shape index (κ2) is 14.2. The van der Waals surface area contributed by atoms with Gasteiger partial charge in [0.1, 0.15) is 7.19 Å². The normalized spacial score (nSPS) is 13.6. The minimum absolute atomic E-state index is 1.12. The zero-order chi connectivity index (χ0) is 33.6. The Labute approximate surface area is 295 Å². The molecule has 50 heavy (non-hydrogen) atoms. The van der Waals surface area contributed by atoms with Gasteiger partial charge in [-0.05, 0) is 82.9 Å². The van der Waals surface area contributed by atoms with Crippen molar-refractivity contribution in [1.29, 1.82) is 0 Å². The maximum atomic E-state index is 2.65. The minimum Gasteiger partial charge on any atom is -0.301 e. The van der Waals surface area contributed by atoms with Gasteiger partial charge in [-0.25, -0.2) is 0 Å². The lowest BCUT2D eigenvalue weighted by Gasteiger charge is -2.51. The number of benzene rings is 7. The second-order valence-corrected chi connectivity index (χ2v) is 15.1. The molecule has 7 aromatic rings. The third-order valence-corrected chi connectivity index (χ3v) is 13.3. The first-order valence-corrected chi connectivity index (χ1v) is 18.7. The van der Waals surface area contributed by atoms with Gasteiger partial charge in [-0.2, -0.15) is 0 Å². The Morgan fingerprint density at radius 2 is 0.580 bits per heavy atom. The molecule has 0 aromatic heterocycles. The van der Waals surface area contributed by atoms with E-state index in [2.05, 4.69) is 234 Å². The lowest BCUT2D eigenvalue weighted by atomic mass is 10.0. The van der Waals surface area contributed by atoms with Crippen LogP contribution in [0.15, 0.2) is 224 Å². The van der Waals surface area contributed by atoms with Gasteiger partial charge in [0.25, 0.3) is 0 Å². The average molecular weight is 661 g/mol. The molecule has 0 aliphatic carbocycles. The van der Waals surface area contributed by atoms with Crippen LogP contribution in [0.5, 0.6) is 0 Å². The van der Waals surface area contributed by atoms with Crippen molar-refractivity contribution >= 4 is 46.1 Å². The molecule has 1 aliphatic heterocycles. The Morgan fingerprint density at radius 3 is 0.940 bits per heavy atom. The van der Waals surface area contributed by atoms with E-state index in [9.17, 15) is 0 Å². The summed E-state index contributed by atoms with van der Waals surface area (Å²) in [7, 11) is -2.95.